The van der Waals surface area contributed by atoms with E-state index >= 15 is 0 Å². The summed E-state index contributed by atoms with van der Waals surface area (Å²) in [6, 6.07) is 15.3. The molecule has 2 aromatic rings. The van der Waals surface area contributed by atoms with Crippen LogP contribution in [0.5, 0.6) is 0 Å². The first-order chi connectivity index (χ1) is 11.9. The Morgan fingerprint density at radius 3 is 2.16 bits per heavy atom. The monoisotopic (exact) mass is 422 g/mol. The number of aryl methyl sites for hydroxylation is 1. The highest BCUT2D eigenvalue weighted by molar-refractivity contribution is 9.10. The fourth-order valence-corrected chi connectivity index (χ4v) is 4.60. The summed E-state index contributed by atoms with van der Waals surface area (Å²) in [5, 5.41) is 0. The zero-order chi connectivity index (χ0) is 17.9. The third-order valence-electron chi connectivity index (χ3n) is 4.96. The molecule has 0 amide bonds. The summed E-state index contributed by atoms with van der Waals surface area (Å²) in [5.74, 6) is 0.880. The van der Waals surface area contributed by atoms with Crippen molar-refractivity contribution in [2.45, 2.75) is 43.4 Å². The Balaban J connectivity index is 1.52. The second-order valence-corrected chi connectivity index (χ2v) is 9.35. The smallest absolute Gasteiger partial charge is 0.266 e. The van der Waals surface area contributed by atoms with E-state index in [1.54, 1.807) is 24.3 Å². The van der Waals surface area contributed by atoms with Gasteiger partial charge in [-0.15, -0.1) is 0 Å². The van der Waals surface area contributed by atoms with E-state index in [1.807, 2.05) is 6.92 Å². The van der Waals surface area contributed by atoms with Gasteiger partial charge < -0.3 is 0 Å². The third-order valence-corrected chi connectivity index (χ3v) is 6.78. The lowest BCUT2D eigenvalue weighted by molar-refractivity contribution is 0.204. The standard InChI is InChI=1S/C20H23BrO3S/c1-15-2-12-20(13-3-15)25(22,23)24-14-16-4-6-17(7-5-16)18-8-10-19(21)11-9-18/h2-3,8-13,16-17H,4-7,14H2,1H3. The van der Waals surface area contributed by atoms with Crippen LogP contribution in [-0.4, -0.2) is 15.0 Å². The van der Waals surface area contributed by atoms with Gasteiger partial charge in [0.2, 0.25) is 0 Å². The van der Waals surface area contributed by atoms with Crippen molar-refractivity contribution in [3.63, 3.8) is 0 Å². The highest BCUT2D eigenvalue weighted by Crippen LogP contribution is 2.36. The number of hydrogen-bond donors (Lipinski definition) is 0. The van der Waals surface area contributed by atoms with Crippen molar-refractivity contribution in [1.29, 1.82) is 0 Å². The van der Waals surface area contributed by atoms with Crippen LogP contribution in [0, 0.1) is 12.8 Å². The molecule has 0 atom stereocenters. The van der Waals surface area contributed by atoms with Crippen molar-refractivity contribution in [2.75, 3.05) is 6.61 Å². The van der Waals surface area contributed by atoms with Gasteiger partial charge in [-0.1, -0.05) is 45.8 Å². The molecule has 3 rings (SSSR count). The van der Waals surface area contributed by atoms with Crippen LogP contribution < -0.4 is 0 Å². The van der Waals surface area contributed by atoms with Gasteiger partial charge in [-0.3, -0.25) is 4.18 Å². The molecule has 0 saturated heterocycles. The van der Waals surface area contributed by atoms with Gasteiger partial charge >= 0.3 is 0 Å². The van der Waals surface area contributed by atoms with Crippen molar-refractivity contribution < 1.29 is 12.6 Å². The van der Waals surface area contributed by atoms with Crippen molar-refractivity contribution in [1.82, 2.24) is 0 Å². The van der Waals surface area contributed by atoms with Gasteiger partial charge in [0.1, 0.15) is 0 Å². The molecule has 0 spiro atoms. The Bertz CT molecular complexity index is 790. The van der Waals surface area contributed by atoms with Gasteiger partial charge in [0, 0.05) is 4.47 Å². The average molecular weight is 423 g/mol. The molecule has 0 N–H and O–H groups in total. The second-order valence-electron chi connectivity index (χ2n) is 6.82. The highest BCUT2D eigenvalue weighted by Gasteiger charge is 2.25. The van der Waals surface area contributed by atoms with Crippen molar-refractivity contribution >= 4 is 26.0 Å². The predicted octanol–water partition coefficient (Wildman–Crippen LogP) is 5.44. The van der Waals surface area contributed by atoms with Gasteiger partial charge in [0.25, 0.3) is 10.1 Å². The minimum Gasteiger partial charge on any atom is -0.266 e. The summed E-state index contributed by atoms with van der Waals surface area (Å²) >= 11 is 3.47. The largest absolute Gasteiger partial charge is 0.296 e. The first-order valence-corrected chi connectivity index (χ1v) is 10.9. The van der Waals surface area contributed by atoms with E-state index in [-0.39, 0.29) is 11.5 Å². The number of benzene rings is 2. The lowest BCUT2D eigenvalue weighted by Gasteiger charge is -2.28. The molecule has 1 saturated carbocycles. The molecule has 0 heterocycles. The van der Waals surface area contributed by atoms with E-state index in [2.05, 4.69) is 40.2 Å². The van der Waals surface area contributed by atoms with Gasteiger partial charge in [-0.25, -0.2) is 0 Å². The van der Waals surface area contributed by atoms with Gasteiger partial charge in [-0.2, -0.15) is 8.42 Å². The predicted molar refractivity (Wildman–Crippen MR) is 103 cm³/mol. The molecule has 1 aliphatic carbocycles. The quantitative estimate of drug-likeness (QED) is 0.602. The Kier molecular flexibility index (Phi) is 5.97. The van der Waals surface area contributed by atoms with Gasteiger partial charge in [0.15, 0.2) is 0 Å². The topological polar surface area (TPSA) is 43.4 Å². The van der Waals surface area contributed by atoms with E-state index in [0.717, 1.165) is 35.7 Å². The van der Waals surface area contributed by atoms with Crippen LogP contribution in [0.1, 0.15) is 42.7 Å². The van der Waals surface area contributed by atoms with Gasteiger partial charge in [-0.05, 0) is 74.3 Å². The van der Waals surface area contributed by atoms with E-state index in [1.165, 1.54) is 5.56 Å². The molecule has 1 aliphatic rings. The molecule has 2 aromatic carbocycles. The molecule has 0 aromatic heterocycles. The molecular formula is C20H23BrO3S. The minimum atomic E-state index is -3.65. The third kappa shape index (κ3) is 4.93. The summed E-state index contributed by atoms with van der Waals surface area (Å²) in [6.45, 7) is 2.21. The summed E-state index contributed by atoms with van der Waals surface area (Å²) in [7, 11) is -3.65. The Morgan fingerprint density at radius 2 is 1.56 bits per heavy atom. The SMILES string of the molecule is Cc1ccc(S(=O)(=O)OCC2CCC(c3ccc(Br)cc3)CC2)cc1. The van der Waals surface area contributed by atoms with E-state index in [4.69, 9.17) is 4.18 Å². The van der Waals surface area contributed by atoms with E-state index < -0.39 is 10.1 Å². The number of rotatable bonds is 5. The minimum absolute atomic E-state index is 0.238. The van der Waals surface area contributed by atoms with Gasteiger partial charge in [0.05, 0.1) is 11.5 Å². The number of halogens is 1. The van der Waals surface area contributed by atoms with E-state index in [0.29, 0.717) is 11.8 Å². The molecule has 134 valence electrons. The van der Waals surface area contributed by atoms with Crippen molar-refractivity contribution in [2.24, 2.45) is 5.92 Å². The van der Waals surface area contributed by atoms with Crippen LogP contribution in [0.15, 0.2) is 57.9 Å². The Hall–Kier alpha value is -1.17. The normalized spacial score (nSPS) is 21.2. The molecular weight excluding hydrogens is 400 g/mol. The average Bonchev–Trinajstić information content (AvgIpc) is 2.62. The van der Waals surface area contributed by atoms with Crippen LogP contribution >= 0.6 is 15.9 Å². The zero-order valence-corrected chi connectivity index (χ0v) is 16.7. The summed E-state index contributed by atoms with van der Waals surface area (Å²) in [4.78, 5) is 0.238. The van der Waals surface area contributed by atoms with Crippen molar-refractivity contribution in [3.8, 4) is 0 Å². The maximum Gasteiger partial charge on any atom is 0.296 e. The lowest BCUT2D eigenvalue weighted by atomic mass is 9.79. The molecule has 1 fully saturated rings. The van der Waals surface area contributed by atoms with Crippen LogP contribution in [-0.2, 0) is 14.3 Å². The highest BCUT2D eigenvalue weighted by atomic mass is 79.9. The van der Waals surface area contributed by atoms with Crippen molar-refractivity contribution in [3.05, 3.63) is 64.1 Å². The first-order valence-electron chi connectivity index (χ1n) is 8.65. The van der Waals surface area contributed by atoms with Crippen LogP contribution in [0.25, 0.3) is 0 Å². The molecule has 25 heavy (non-hydrogen) atoms. The van der Waals surface area contributed by atoms with E-state index in [9.17, 15) is 8.42 Å². The molecule has 0 unspecified atom stereocenters. The molecule has 0 bridgehead atoms. The second kappa shape index (κ2) is 8.02. The van der Waals surface area contributed by atoms with Crippen LogP contribution in [0.3, 0.4) is 0 Å². The Morgan fingerprint density at radius 1 is 0.960 bits per heavy atom. The number of hydrogen-bond acceptors (Lipinski definition) is 3. The fraction of sp³-hybridized carbons (Fsp3) is 0.400. The fourth-order valence-electron chi connectivity index (χ4n) is 3.36. The van der Waals surface area contributed by atoms with Crippen LogP contribution in [0.2, 0.25) is 0 Å². The first kappa shape index (κ1) is 18.6. The molecule has 5 heteroatoms. The molecule has 0 aliphatic heterocycles. The summed E-state index contributed by atoms with van der Waals surface area (Å²) < 4.78 is 31.0. The Labute approximate surface area is 158 Å². The maximum absolute atomic E-state index is 12.3. The molecule has 3 nitrogen and oxygen atoms in total. The summed E-state index contributed by atoms with van der Waals surface area (Å²) in [5.41, 5.74) is 2.40. The lowest BCUT2D eigenvalue weighted by Crippen LogP contribution is -2.20. The van der Waals surface area contributed by atoms with Crippen LogP contribution in [0.4, 0.5) is 0 Å². The zero-order valence-electron chi connectivity index (χ0n) is 14.3. The summed E-state index contributed by atoms with van der Waals surface area (Å²) in [6.07, 6.45) is 4.18. The maximum atomic E-state index is 12.3. The molecule has 0 radical (unpaired) electrons.